The van der Waals surface area contributed by atoms with Crippen LogP contribution in [0.5, 0.6) is 5.75 Å². The molecule has 1 aromatic rings. The van der Waals surface area contributed by atoms with Crippen LogP contribution in [0.3, 0.4) is 0 Å². The third kappa shape index (κ3) is 6.55. The van der Waals surface area contributed by atoms with Crippen molar-refractivity contribution in [1.82, 2.24) is 15.1 Å². The van der Waals surface area contributed by atoms with Crippen LogP contribution in [0.2, 0.25) is 10.0 Å². The fourth-order valence-electron chi connectivity index (χ4n) is 2.51. The first kappa shape index (κ1) is 20.6. The molecule has 9 heteroatoms. The number of halogens is 2. The first-order valence-corrected chi connectivity index (χ1v) is 9.17. The molecule has 0 saturated carbocycles. The number of ether oxygens (including phenoxy) is 2. The van der Waals surface area contributed by atoms with E-state index in [0.29, 0.717) is 35.5 Å². The summed E-state index contributed by atoms with van der Waals surface area (Å²) in [5.41, 5.74) is 0. The van der Waals surface area contributed by atoms with Crippen molar-refractivity contribution in [3.63, 3.8) is 0 Å². The molecule has 144 valence electrons. The standard InChI is InChI=1S/C17H23Cl2N3O4/c1-20-16(23)12-26-17(24)22-8-6-21(7-9-22)5-2-10-25-15-4-3-13(18)11-14(15)19/h3-4,11H,2,5-10,12H2,1H3,(H,20,23). The lowest BCUT2D eigenvalue weighted by Gasteiger charge is -2.33. The van der Waals surface area contributed by atoms with Gasteiger partial charge in [0, 0.05) is 44.8 Å². The minimum absolute atomic E-state index is 0.250. The van der Waals surface area contributed by atoms with E-state index in [1.807, 2.05) is 0 Å². The molecule has 0 unspecified atom stereocenters. The van der Waals surface area contributed by atoms with Gasteiger partial charge in [-0.15, -0.1) is 0 Å². The summed E-state index contributed by atoms with van der Waals surface area (Å²) in [4.78, 5) is 26.8. The number of benzene rings is 1. The molecule has 1 N–H and O–H groups in total. The summed E-state index contributed by atoms with van der Waals surface area (Å²) in [5.74, 6) is 0.303. The van der Waals surface area contributed by atoms with E-state index >= 15 is 0 Å². The van der Waals surface area contributed by atoms with E-state index in [4.69, 9.17) is 32.7 Å². The predicted octanol–water partition coefficient (Wildman–Crippen LogP) is 2.26. The molecule has 0 aromatic heterocycles. The highest BCUT2D eigenvalue weighted by Gasteiger charge is 2.22. The van der Waals surface area contributed by atoms with Crippen LogP contribution in [0.15, 0.2) is 18.2 Å². The van der Waals surface area contributed by atoms with Crippen LogP contribution < -0.4 is 10.1 Å². The average Bonchev–Trinajstić information content (AvgIpc) is 2.64. The summed E-state index contributed by atoms with van der Waals surface area (Å²) in [6, 6.07) is 5.15. The topological polar surface area (TPSA) is 71.1 Å². The largest absolute Gasteiger partial charge is 0.492 e. The quantitative estimate of drug-likeness (QED) is 0.706. The van der Waals surface area contributed by atoms with Crippen LogP contribution in [0, 0.1) is 0 Å². The molecule has 26 heavy (non-hydrogen) atoms. The second-order valence-electron chi connectivity index (χ2n) is 5.83. The number of amides is 2. The van der Waals surface area contributed by atoms with Crippen molar-refractivity contribution in [2.75, 3.05) is 53.0 Å². The van der Waals surface area contributed by atoms with E-state index in [2.05, 4.69) is 10.2 Å². The Morgan fingerprint density at radius 2 is 1.92 bits per heavy atom. The Morgan fingerprint density at radius 3 is 2.58 bits per heavy atom. The molecule has 1 aromatic carbocycles. The Bertz CT molecular complexity index is 622. The highest BCUT2D eigenvalue weighted by atomic mass is 35.5. The van der Waals surface area contributed by atoms with E-state index in [0.717, 1.165) is 26.1 Å². The van der Waals surface area contributed by atoms with E-state index in [1.54, 1.807) is 23.1 Å². The lowest BCUT2D eigenvalue weighted by molar-refractivity contribution is -0.123. The average molecular weight is 404 g/mol. The molecule has 2 rings (SSSR count). The summed E-state index contributed by atoms with van der Waals surface area (Å²) in [6.07, 6.45) is 0.397. The number of piperazine rings is 1. The Kier molecular flexibility index (Phi) is 8.28. The van der Waals surface area contributed by atoms with Gasteiger partial charge in [-0.1, -0.05) is 23.2 Å². The molecule has 0 atom stereocenters. The van der Waals surface area contributed by atoms with Crippen molar-refractivity contribution < 1.29 is 19.1 Å². The van der Waals surface area contributed by atoms with Crippen molar-refractivity contribution in [2.45, 2.75) is 6.42 Å². The van der Waals surface area contributed by atoms with Gasteiger partial charge in [-0.2, -0.15) is 0 Å². The van der Waals surface area contributed by atoms with Crippen LogP contribution in [0.1, 0.15) is 6.42 Å². The van der Waals surface area contributed by atoms with Gasteiger partial charge in [0.2, 0.25) is 0 Å². The Labute approximate surface area is 163 Å². The van der Waals surface area contributed by atoms with E-state index in [9.17, 15) is 9.59 Å². The Morgan fingerprint density at radius 1 is 1.19 bits per heavy atom. The lowest BCUT2D eigenvalue weighted by Crippen LogP contribution is -2.49. The summed E-state index contributed by atoms with van der Waals surface area (Å²) in [5, 5.41) is 3.49. The van der Waals surface area contributed by atoms with Crippen LogP contribution >= 0.6 is 23.2 Å². The van der Waals surface area contributed by atoms with Gasteiger partial charge in [-0.25, -0.2) is 4.79 Å². The Balaban J connectivity index is 1.61. The van der Waals surface area contributed by atoms with Gasteiger partial charge in [-0.3, -0.25) is 9.69 Å². The molecule has 7 nitrogen and oxygen atoms in total. The third-order valence-electron chi connectivity index (χ3n) is 4.01. The molecule has 0 spiro atoms. The monoisotopic (exact) mass is 403 g/mol. The van der Waals surface area contributed by atoms with Crippen LogP contribution in [0.4, 0.5) is 4.79 Å². The van der Waals surface area contributed by atoms with Crippen molar-refractivity contribution in [2.24, 2.45) is 0 Å². The van der Waals surface area contributed by atoms with E-state index in [-0.39, 0.29) is 12.5 Å². The normalized spacial score (nSPS) is 14.8. The smallest absolute Gasteiger partial charge is 0.410 e. The van der Waals surface area contributed by atoms with Crippen molar-refractivity contribution in [1.29, 1.82) is 0 Å². The van der Waals surface area contributed by atoms with Gasteiger partial charge in [0.25, 0.3) is 5.91 Å². The zero-order valence-electron chi connectivity index (χ0n) is 14.7. The zero-order chi connectivity index (χ0) is 18.9. The molecule has 1 fully saturated rings. The lowest BCUT2D eigenvalue weighted by atomic mass is 10.3. The SMILES string of the molecule is CNC(=O)COC(=O)N1CCN(CCCOc2ccc(Cl)cc2Cl)CC1. The molecule has 1 aliphatic heterocycles. The van der Waals surface area contributed by atoms with Gasteiger partial charge >= 0.3 is 6.09 Å². The summed E-state index contributed by atoms with van der Waals surface area (Å²) < 4.78 is 10.6. The van der Waals surface area contributed by atoms with Crippen LogP contribution in [-0.4, -0.2) is 74.8 Å². The van der Waals surface area contributed by atoms with Crippen molar-refractivity contribution >= 4 is 35.2 Å². The van der Waals surface area contributed by atoms with Gasteiger partial charge in [0.05, 0.1) is 11.6 Å². The highest BCUT2D eigenvalue weighted by Crippen LogP contribution is 2.27. The molecule has 0 bridgehead atoms. The number of hydrogen-bond acceptors (Lipinski definition) is 5. The number of carbonyl (C=O) groups excluding carboxylic acids is 2. The van der Waals surface area contributed by atoms with Crippen molar-refractivity contribution in [3.05, 3.63) is 28.2 Å². The molecular formula is C17H23Cl2N3O4. The number of hydrogen-bond donors (Lipinski definition) is 1. The molecule has 1 aliphatic rings. The predicted molar refractivity (Wildman–Crippen MR) is 100 cm³/mol. The maximum atomic E-state index is 11.9. The first-order valence-electron chi connectivity index (χ1n) is 8.42. The maximum Gasteiger partial charge on any atom is 0.410 e. The third-order valence-corrected chi connectivity index (χ3v) is 4.54. The second-order valence-corrected chi connectivity index (χ2v) is 6.68. The minimum Gasteiger partial charge on any atom is -0.492 e. The van der Waals surface area contributed by atoms with Crippen LogP contribution in [-0.2, 0) is 9.53 Å². The van der Waals surface area contributed by atoms with Gasteiger partial charge < -0.3 is 19.7 Å². The number of nitrogens with one attached hydrogen (secondary N) is 1. The number of rotatable bonds is 7. The zero-order valence-corrected chi connectivity index (χ0v) is 16.2. The Hall–Kier alpha value is -1.70. The summed E-state index contributed by atoms with van der Waals surface area (Å²) in [6.45, 7) is 3.85. The molecule has 0 radical (unpaired) electrons. The maximum absolute atomic E-state index is 11.9. The number of carbonyl (C=O) groups is 2. The number of likely N-dealkylation sites (N-methyl/N-ethyl adjacent to an activating group) is 1. The summed E-state index contributed by atoms with van der Waals surface area (Å²) in [7, 11) is 1.50. The van der Waals surface area contributed by atoms with Crippen LogP contribution in [0.25, 0.3) is 0 Å². The molecular weight excluding hydrogens is 381 g/mol. The van der Waals surface area contributed by atoms with Crippen molar-refractivity contribution in [3.8, 4) is 5.75 Å². The molecule has 1 saturated heterocycles. The highest BCUT2D eigenvalue weighted by molar-refractivity contribution is 6.35. The van der Waals surface area contributed by atoms with Gasteiger partial charge in [-0.05, 0) is 24.6 Å². The summed E-state index contributed by atoms with van der Waals surface area (Å²) >= 11 is 11.9. The van der Waals surface area contributed by atoms with E-state index in [1.165, 1.54) is 7.05 Å². The van der Waals surface area contributed by atoms with E-state index < -0.39 is 6.09 Å². The second kappa shape index (κ2) is 10.4. The molecule has 0 aliphatic carbocycles. The van der Waals surface area contributed by atoms with Gasteiger partial charge in [0.15, 0.2) is 6.61 Å². The fraction of sp³-hybridized carbons (Fsp3) is 0.529. The minimum atomic E-state index is -0.450. The number of nitrogens with zero attached hydrogens (tertiary/aromatic N) is 2. The first-order chi connectivity index (χ1) is 12.5. The fourth-order valence-corrected chi connectivity index (χ4v) is 2.97. The molecule has 1 heterocycles. The molecule has 2 amide bonds. The van der Waals surface area contributed by atoms with Gasteiger partial charge in [0.1, 0.15) is 5.75 Å².